The summed E-state index contributed by atoms with van der Waals surface area (Å²) in [6, 6.07) is 18.1. The monoisotopic (exact) mass is 438 g/mol. The number of nitrogens with zero attached hydrogens (tertiary/aromatic N) is 2. The standard InChI is InChI=1S/C22H23AsN2O3/c1-15(26)17-6-8-18(9-7-17)20-14-21(25-22(24-20)28-3)23-13-12-16-4-10-19(27-2)11-5-16/h4-11,14,23H,12-13H2,1-3H3. The van der Waals surface area contributed by atoms with Gasteiger partial charge in [-0.1, -0.05) is 0 Å². The van der Waals surface area contributed by atoms with E-state index in [0.717, 1.165) is 33.1 Å². The second kappa shape index (κ2) is 9.52. The Morgan fingerprint density at radius 1 is 0.964 bits per heavy atom. The number of ether oxygens (including phenoxy) is 2. The number of hydrogen-bond donors (Lipinski definition) is 0. The number of aromatic nitrogens is 2. The SMILES string of the molecule is COc1ccc(CC[AsH]c2cc(-c3ccc(C(C)=O)cc3)nc(OC)n2)cc1. The molecule has 3 aromatic rings. The molecular formula is C22H23AsN2O3. The van der Waals surface area contributed by atoms with E-state index >= 15 is 0 Å². The van der Waals surface area contributed by atoms with Crippen LogP contribution < -0.4 is 14.0 Å². The first-order valence-electron chi connectivity index (χ1n) is 9.00. The zero-order valence-corrected chi connectivity index (χ0v) is 18.3. The number of ketones is 1. The van der Waals surface area contributed by atoms with E-state index < -0.39 is 15.8 Å². The normalized spacial score (nSPS) is 11.0. The summed E-state index contributed by atoms with van der Waals surface area (Å²) in [5.41, 5.74) is 3.77. The molecule has 0 aliphatic rings. The van der Waals surface area contributed by atoms with E-state index in [1.54, 1.807) is 21.1 Å². The van der Waals surface area contributed by atoms with Crippen LogP contribution >= 0.6 is 0 Å². The molecule has 28 heavy (non-hydrogen) atoms. The molecule has 0 saturated carbocycles. The quantitative estimate of drug-likeness (QED) is 0.400. The van der Waals surface area contributed by atoms with Gasteiger partial charge in [-0.05, 0) is 0 Å². The van der Waals surface area contributed by atoms with Crippen LogP contribution in [0.25, 0.3) is 11.3 Å². The average Bonchev–Trinajstić information content (AvgIpc) is 2.74. The van der Waals surface area contributed by atoms with Crippen molar-refractivity contribution in [2.75, 3.05) is 14.2 Å². The first-order valence-corrected chi connectivity index (χ1v) is 11.5. The molecule has 5 nitrogen and oxygen atoms in total. The summed E-state index contributed by atoms with van der Waals surface area (Å²) in [6.45, 7) is 1.56. The molecular weight excluding hydrogens is 415 g/mol. The Balaban J connectivity index is 1.72. The zero-order chi connectivity index (χ0) is 19.9. The predicted octanol–water partition coefficient (Wildman–Crippen LogP) is 3.09. The van der Waals surface area contributed by atoms with Gasteiger partial charge in [0.05, 0.1) is 0 Å². The van der Waals surface area contributed by atoms with Crippen molar-refractivity contribution in [2.24, 2.45) is 0 Å². The van der Waals surface area contributed by atoms with Crippen LogP contribution in [0.4, 0.5) is 0 Å². The molecule has 1 aromatic heterocycles. The van der Waals surface area contributed by atoms with Gasteiger partial charge >= 0.3 is 172 Å². The van der Waals surface area contributed by atoms with Gasteiger partial charge in [-0.3, -0.25) is 0 Å². The number of carbonyl (C=O) groups excluding carboxylic acids is 1. The summed E-state index contributed by atoms with van der Waals surface area (Å²) >= 11 is -0.426. The number of hydrogen-bond acceptors (Lipinski definition) is 5. The molecule has 0 spiro atoms. The van der Waals surface area contributed by atoms with Crippen LogP contribution in [0, 0.1) is 0 Å². The van der Waals surface area contributed by atoms with Gasteiger partial charge in [0.15, 0.2) is 0 Å². The van der Waals surface area contributed by atoms with Crippen LogP contribution in [0.3, 0.4) is 0 Å². The molecule has 0 bridgehead atoms. The molecule has 3 rings (SSSR count). The molecule has 0 amide bonds. The van der Waals surface area contributed by atoms with Crippen molar-refractivity contribution in [2.45, 2.75) is 18.6 Å². The van der Waals surface area contributed by atoms with E-state index in [1.807, 2.05) is 42.5 Å². The fourth-order valence-electron chi connectivity index (χ4n) is 2.76. The van der Waals surface area contributed by atoms with Gasteiger partial charge in [0.1, 0.15) is 0 Å². The van der Waals surface area contributed by atoms with Crippen LogP contribution in [0.2, 0.25) is 5.21 Å². The van der Waals surface area contributed by atoms with Crippen LogP contribution in [0.1, 0.15) is 22.8 Å². The van der Waals surface area contributed by atoms with Crippen molar-refractivity contribution in [3.8, 4) is 23.0 Å². The van der Waals surface area contributed by atoms with Gasteiger partial charge < -0.3 is 0 Å². The van der Waals surface area contributed by atoms with Gasteiger partial charge in [-0.25, -0.2) is 0 Å². The average molecular weight is 438 g/mol. The minimum atomic E-state index is -0.426. The summed E-state index contributed by atoms with van der Waals surface area (Å²) in [5, 5.41) is 1.09. The Morgan fingerprint density at radius 2 is 1.68 bits per heavy atom. The first kappa shape index (κ1) is 20.1. The van der Waals surface area contributed by atoms with Crippen molar-refractivity contribution < 1.29 is 14.3 Å². The summed E-state index contributed by atoms with van der Waals surface area (Å²) in [5.74, 6) is 0.929. The third kappa shape index (κ3) is 5.20. The molecule has 144 valence electrons. The zero-order valence-electron chi connectivity index (χ0n) is 16.2. The summed E-state index contributed by atoms with van der Waals surface area (Å²) < 4.78 is 11.6. The maximum absolute atomic E-state index is 11.5. The Kier molecular flexibility index (Phi) is 6.83. The Morgan fingerprint density at radius 3 is 2.29 bits per heavy atom. The van der Waals surface area contributed by atoms with Gasteiger partial charge in [-0.2, -0.15) is 0 Å². The maximum atomic E-state index is 11.5. The van der Waals surface area contributed by atoms with E-state index in [4.69, 9.17) is 9.47 Å². The molecule has 0 fully saturated rings. The van der Waals surface area contributed by atoms with Gasteiger partial charge in [-0.15, -0.1) is 0 Å². The van der Waals surface area contributed by atoms with E-state index in [9.17, 15) is 4.79 Å². The van der Waals surface area contributed by atoms with Crippen molar-refractivity contribution in [1.82, 2.24) is 9.97 Å². The predicted molar refractivity (Wildman–Crippen MR) is 112 cm³/mol. The molecule has 0 radical (unpaired) electrons. The Bertz CT molecular complexity index is 941. The van der Waals surface area contributed by atoms with Crippen molar-refractivity contribution in [3.05, 3.63) is 65.7 Å². The number of benzene rings is 2. The molecule has 1 unspecified atom stereocenters. The minimum absolute atomic E-state index is 0.0534. The Hall–Kier alpha value is -2.65. The van der Waals surface area contributed by atoms with Crippen molar-refractivity contribution in [3.63, 3.8) is 0 Å². The van der Waals surface area contributed by atoms with Crippen LogP contribution in [0.5, 0.6) is 11.8 Å². The molecule has 1 heterocycles. The van der Waals surface area contributed by atoms with Crippen molar-refractivity contribution in [1.29, 1.82) is 0 Å². The van der Waals surface area contributed by atoms with E-state index in [1.165, 1.54) is 5.56 Å². The molecule has 2 aromatic carbocycles. The topological polar surface area (TPSA) is 61.3 Å². The van der Waals surface area contributed by atoms with Gasteiger partial charge in [0.2, 0.25) is 0 Å². The fourth-order valence-corrected chi connectivity index (χ4v) is 5.03. The second-order valence-corrected chi connectivity index (χ2v) is 9.15. The van der Waals surface area contributed by atoms with E-state index in [-0.39, 0.29) is 5.78 Å². The number of methoxy groups -OCH3 is 2. The number of aryl methyl sites for hydroxylation is 1. The van der Waals surface area contributed by atoms with Gasteiger partial charge in [0, 0.05) is 0 Å². The molecule has 0 aliphatic heterocycles. The molecule has 1 atom stereocenters. The van der Waals surface area contributed by atoms with Crippen LogP contribution in [0.15, 0.2) is 54.6 Å². The third-order valence-electron chi connectivity index (χ3n) is 4.35. The second-order valence-electron chi connectivity index (χ2n) is 6.28. The van der Waals surface area contributed by atoms with E-state index in [2.05, 4.69) is 22.1 Å². The molecule has 0 aliphatic carbocycles. The number of Topliss-reactive ketones (excluding diaryl/α,β-unsaturated/α-hetero) is 1. The Labute approximate surface area is 171 Å². The van der Waals surface area contributed by atoms with Crippen molar-refractivity contribution >= 4 is 26.0 Å². The molecule has 0 N–H and O–H groups in total. The van der Waals surface area contributed by atoms with Crippen LogP contribution in [-0.4, -0.2) is 45.7 Å². The van der Waals surface area contributed by atoms with Gasteiger partial charge in [0.25, 0.3) is 0 Å². The molecule has 0 saturated heterocycles. The fraction of sp³-hybridized carbons (Fsp3) is 0.227. The van der Waals surface area contributed by atoms with E-state index in [0.29, 0.717) is 11.6 Å². The molecule has 6 heteroatoms. The summed E-state index contributed by atoms with van der Waals surface area (Å²) in [7, 11) is 3.26. The number of carbonyl (C=O) groups is 1. The third-order valence-corrected chi connectivity index (χ3v) is 6.70. The van der Waals surface area contributed by atoms with Crippen LogP contribution in [-0.2, 0) is 6.42 Å². The summed E-state index contributed by atoms with van der Waals surface area (Å²) in [6.07, 6.45) is 1.01. The number of rotatable bonds is 8. The summed E-state index contributed by atoms with van der Waals surface area (Å²) in [4.78, 5) is 20.5. The first-order chi connectivity index (χ1) is 13.6.